The van der Waals surface area contributed by atoms with E-state index in [-0.39, 0.29) is 52.7 Å². The van der Waals surface area contributed by atoms with Crippen LogP contribution < -0.4 is 0 Å². The van der Waals surface area contributed by atoms with Crippen LogP contribution in [0.3, 0.4) is 0 Å². The number of fused-ring (bicyclic) bond motifs is 5. The normalized spacial score (nSPS) is 43.7. The zero-order valence-corrected chi connectivity index (χ0v) is 20.7. The van der Waals surface area contributed by atoms with Gasteiger partial charge in [-0.05, 0) is 74.2 Å². The molecule has 0 radical (unpaired) electrons. The summed E-state index contributed by atoms with van der Waals surface area (Å²) in [7, 11) is 0. The number of carbonyl (C=O) groups is 3. The number of rotatable bonds is 5. The predicted octanol–water partition coefficient (Wildman–Crippen LogP) is 3.91. The van der Waals surface area contributed by atoms with Crippen molar-refractivity contribution < 1.29 is 24.6 Å². The number of aliphatic hydroxyl groups is 2. The van der Waals surface area contributed by atoms with Gasteiger partial charge in [0.1, 0.15) is 5.60 Å². The second-order valence-corrected chi connectivity index (χ2v) is 12.4. The van der Waals surface area contributed by atoms with E-state index in [9.17, 15) is 24.6 Å². The first kappa shape index (κ1) is 24.2. The second kappa shape index (κ2) is 8.06. The summed E-state index contributed by atoms with van der Waals surface area (Å²) in [5.41, 5.74) is -1.66. The van der Waals surface area contributed by atoms with Crippen molar-refractivity contribution >= 4 is 29.3 Å². The first-order valence-electron chi connectivity index (χ1n) is 12.2. The number of hydrogen-bond acceptors (Lipinski definition) is 5. The van der Waals surface area contributed by atoms with Crippen molar-refractivity contribution in [1.82, 2.24) is 0 Å². The molecule has 3 fully saturated rings. The van der Waals surface area contributed by atoms with E-state index in [0.29, 0.717) is 25.7 Å². The summed E-state index contributed by atoms with van der Waals surface area (Å²) in [6.45, 7) is 7.67. The quantitative estimate of drug-likeness (QED) is 0.539. The highest BCUT2D eigenvalue weighted by Crippen LogP contribution is 2.65. The van der Waals surface area contributed by atoms with Crippen LogP contribution in [0.4, 0.5) is 0 Å². The molecule has 0 aliphatic heterocycles. The van der Waals surface area contributed by atoms with Crippen LogP contribution in [-0.4, -0.2) is 38.6 Å². The van der Waals surface area contributed by atoms with E-state index in [4.69, 9.17) is 0 Å². The molecule has 0 saturated heterocycles. The Morgan fingerprint density at radius 3 is 2.62 bits per heavy atom. The lowest BCUT2D eigenvalue weighted by Gasteiger charge is -2.58. The van der Waals surface area contributed by atoms with Gasteiger partial charge in [0.25, 0.3) is 0 Å². The Bertz CT molecular complexity index is 862. The number of ketones is 2. The molecule has 0 heterocycles. The summed E-state index contributed by atoms with van der Waals surface area (Å²) in [4.78, 5) is 37.2. The van der Waals surface area contributed by atoms with Crippen LogP contribution in [0.5, 0.6) is 0 Å². The standard InChI is InChI=1S/C26H38O5S/c1-14-11-16(27)12-15-5-6-17-18-7-10-26(31,20(29)8-9-24(2,3)23(30)32)25(18,4)13-19(28)22(17)21(14)15/h12,14,17-19,21-22,28,31H,5-11,13H2,1-4H3,(H,30,32)/t14-,17?,18?,19+,21?,22-,25+,26+/m1/s1. The molecule has 0 bridgehead atoms. The molecule has 8 atom stereocenters. The molecule has 0 amide bonds. The SMILES string of the molecule is C[C@@H]1CC(=O)C=C2CCC3C4CC[C@](O)(C(=O)CCC(C)(C)C(=O)S)[C@@]4(C)C[C@H](O)[C@@H]3C21. The number of thiol groups is 1. The Labute approximate surface area is 196 Å². The van der Waals surface area contributed by atoms with Crippen molar-refractivity contribution in [2.45, 2.75) is 90.8 Å². The molecule has 32 heavy (non-hydrogen) atoms. The molecule has 2 N–H and O–H groups in total. The van der Waals surface area contributed by atoms with Crippen LogP contribution in [0.1, 0.15) is 79.1 Å². The first-order chi connectivity index (χ1) is 14.8. The number of allylic oxidation sites excluding steroid dienone is 1. The van der Waals surface area contributed by atoms with Crippen molar-refractivity contribution in [2.24, 2.45) is 40.4 Å². The summed E-state index contributed by atoms with van der Waals surface area (Å²) in [5.74, 6) is 0.948. The topological polar surface area (TPSA) is 91.7 Å². The fraction of sp³-hybridized carbons (Fsp3) is 0.808. The van der Waals surface area contributed by atoms with Crippen molar-refractivity contribution in [3.05, 3.63) is 11.6 Å². The van der Waals surface area contributed by atoms with E-state index in [0.717, 1.165) is 19.3 Å². The number of aliphatic hydroxyl groups excluding tert-OH is 1. The summed E-state index contributed by atoms with van der Waals surface area (Å²) in [5, 5.41) is 22.9. The first-order valence-corrected chi connectivity index (χ1v) is 12.7. The van der Waals surface area contributed by atoms with Gasteiger partial charge in [0.05, 0.1) is 6.10 Å². The zero-order chi connectivity index (χ0) is 23.6. The average Bonchev–Trinajstić information content (AvgIpc) is 2.97. The summed E-state index contributed by atoms with van der Waals surface area (Å²) >= 11 is 3.94. The largest absolute Gasteiger partial charge is 0.393 e. The van der Waals surface area contributed by atoms with E-state index in [1.54, 1.807) is 13.8 Å². The van der Waals surface area contributed by atoms with E-state index in [2.05, 4.69) is 19.6 Å². The minimum atomic E-state index is -1.47. The highest BCUT2D eigenvalue weighted by molar-refractivity contribution is 7.96. The van der Waals surface area contributed by atoms with E-state index < -0.39 is 22.5 Å². The van der Waals surface area contributed by atoms with Crippen molar-refractivity contribution in [2.75, 3.05) is 0 Å². The Hall–Kier alpha value is -0.980. The number of hydrogen-bond donors (Lipinski definition) is 3. The van der Waals surface area contributed by atoms with Gasteiger partial charge < -0.3 is 10.2 Å². The van der Waals surface area contributed by atoms with Crippen LogP contribution in [0.2, 0.25) is 0 Å². The minimum Gasteiger partial charge on any atom is -0.393 e. The van der Waals surface area contributed by atoms with Crippen molar-refractivity contribution in [3.8, 4) is 0 Å². The van der Waals surface area contributed by atoms with Crippen LogP contribution in [0.15, 0.2) is 11.6 Å². The van der Waals surface area contributed by atoms with Gasteiger partial charge in [0, 0.05) is 23.7 Å². The monoisotopic (exact) mass is 462 g/mol. The van der Waals surface area contributed by atoms with Crippen LogP contribution in [0, 0.1) is 40.4 Å². The Kier molecular flexibility index (Phi) is 6.08. The molecule has 4 aliphatic carbocycles. The Morgan fingerprint density at radius 1 is 1.28 bits per heavy atom. The maximum Gasteiger partial charge on any atom is 0.191 e. The molecular weight excluding hydrogens is 424 g/mol. The zero-order valence-electron chi connectivity index (χ0n) is 19.8. The molecule has 178 valence electrons. The highest BCUT2D eigenvalue weighted by atomic mass is 32.1. The highest BCUT2D eigenvalue weighted by Gasteiger charge is 2.67. The molecule has 6 heteroatoms. The molecule has 3 unspecified atom stereocenters. The van der Waals surface area contributed by atoms with E-state index in [1.807, 2.05) is 13.0 Å². The van der Waals surface area contributed by atoms with Gasteiger partial charge in [-0.1, -0.05) is 33.3 Å². The maximum absolute atomic E-state index is 13.4. The van der Waals surface area contributed by atoms with Crippen molar-refractivity contribution in [1.29, 1.82) is 0 Å². The summed E-state index contributed by atoms with van der Waals surface area (Å²) in [6.07, 6.45) is 5.61. The van der Waals surface area contributed by atoms with Crippen LogP contribution in [-0.2, 0) is 14.4 Å². The molecule has 0 aromatic heterocycles. The molecule has 4 aliphatic rings. The van der Waals surface area contributed by atoms with Crippen LogP contribution in [0.25, 0.3) is 0 Å². The fourth-order valence-corrected chi connectivity index (χ4v) is 7.99. The number of Topliss-reactive ketones (excluding diaryl/α,β-unsaturated/α-hetero) is 1. The molecular formula is C26H38O5S. The smallest absolute Gasteiger partial charge is 0.191 e. The number of carbonyl (C=O) groups excluding carboxylic acids is 3. The van der Waals surface area contributed by atoms with Gasteiger partial charge in [0.2, 0.25) is 0 Å². The maximum atomic E-state index is 13.4. The molecule has 0 aromatic rings. The fourth-order valence-electron chi connectivity index (χ4n) is 7.87. The van der Waals surface area contributed by atoms with Gasteiger partial charge in [0.15, 0.2) is 16.7 Å². The van der Waals surface area contributed by atoms with E-state index >= 15 is 0 Å². The molecule has 5 nitrogen and oxygen atoms in total. The average molecular weight is 463 g/mol. The second-order valence-electron chi connectivity index (χ2n) is 12.0. The van der Waals surface area contributed by atoms with Gasteiger partial charge >= 0.3 is 0 Å². The lowest BCUT2D eigenvalue weighted by Crippen LogP contribution is -2.60. The van der Waals surface area contributed by atoms with Crippen molar-refractivity contribution in [3.63, 3.8) is 0 Å². The van der Waals surface area contributed by atoms with Crippen LogP contribution >= 0.6 is 12.6 Å². The minimum absolute atomic E-state index is 0.0920. The molecule has 0 aromatic carbocycles. The third-order valence-electron chi connectivity index (χ3n) is 9.78. The molecule has 4 rings (SSSR count). The van der Waals surface area contributed by atoms with Gasteiger partial charge in [-0.3, -0.25) is 14.4 Å². The summed E-state index contributed by atoms with van der Waals surface area (Å²) in [6, 6.07) is 0. The lowest BCUT2D eigenvalue weighted by molar-refractivity contribution is -0.175. The molecule has 3 saturated carbocycles. The third kappa shape index (κ3) is 3.56. The van der Waals surface area contributed by atoms with Gasteiger partial charge in [-0.15, -0.1) is 12.6 Å². The van der Waals surface area contributed by atoms with Gasteiger partial charge in [-0.2, -0.15) is 0 Å². The lowest BCUT2D eigenvalue weighted by atomic mass is 9.48. The predicted molar refractivity (Wildman–Crippen MR) is 125 cm³/mol. The van der Waals surface area contributed by atoms with Gasteiger partial charge in [-0.25, -0.2) is 0 Å². The molecule has 0 spiro atoms. The summed E-state index contributed by atoms with van der Waals surface area (Å²) < 4.78 is 0. The Balaban J connectivity index is 1.59. The third-order valence-corrected chi connectivity index (χ3v) is 10.4. The van der Waals surface area contributed by atoms with E-state index in [1.165, 1.54) is 5.57 Å². The Morgan fingerprint density at radius 2 is 1.97 bits per heavy atom.